The van der Waals surface area contributed by atoms with Crippen molar-refractivity contribution in [2.75, 3.05) is 18.9 Å². The van der Waals surface area contributed by atoms with Crippen molar-refractivity contribution >= 4 is 23.4 Å². The monoisotopic (exact) mass is 508 g/mol. The molecule has 3 rings (SSSR count). The Kier molecular flexibility index (Phi) is 9.45. The Balaban J connectivity index is 1.56. The van der Waals surface area contributed by atoms with Crippen LogP contribution in [0.15, 0.2) is 72.8 Å². The van der Waals surface area contributed by atoms with Crippen LogP contribution in [-0.2, 0) is 16.1 Å². The van der Waals surface area contributed by atoms with Crippen LogP contribution in [0.4, 0.5) is 10.1 Å². The second-order valence-corrected chi connectivity index (χ2v) is 8.67. The quantitative estimate of drug-likeness (QED) is 0.211. The summed E-state index contributed by atoms with van der Waals surface area (Å²) in [5.41, 5.74) is 4.77. The van der Waals surface area contributed by atoms with E-state index in [0.29, 0.717) is 12.2 Å². The second-order valence-electron chi connectivity index (χ2n) is 8.67. The van der Waals surface area contributed by atoms with Crippen LogP contribution >= 0.6 is 0 Å². The molecule has 0 aliphatic heterocycles. The third kappa shape index (κ3) is 7.94. The highest BCUT2D eigenvalue weighted by Gasteiger charge is 2.25. The van der Waals surface area contributed by atoms with Crippen molar-refractivity contribution in [2.24, 2.45) is 0 Å². The van der Waals surface area contributed by atoms with Gasteiger partial charge in [0.15, 0.2) is 0 Å². The Labute approximate surface area is 213 Å². The standard InChI is InChI=1S/C27H29FN4O5/c1-17(33)25(27(36)31-37)30-26(35)21-8-6-19(7-9-21)20-10-12-23(13-11-20)29-24(34)16-32(2)15-18-4-3-5-22(28)14-18/h3-14,17,25,33,37H,15-16H2,1-2H3,(H,29,34)(H,30,35)(H,31,36)/t17-,25+/m1/s1. The number of nitrogens with zero attached hydrogens (tertiary/aromatic N) is 1. The minimum Gasteiger partial charge on any atom is -0.391 e. The molecule has 10 heteroatoms. The van der Waals surface area contributed by atoms with Gasteiger partial charge in [0.1, 0.15) is 11.9 Å². The molecular formula is C27H29FN4O5. The SMILES string of the molecule is C[C@@H](O)[C@H](NC(=O)c1ccc(-c2ccc(NC(=O)CN(C)Cc3cccc(F)c3)cc2)cc1)C(=O)NO. The van der Waals surface area contributed by atoms with Gasteiger partial charge in [0.05, 0.1) is 12.6 Å². The van der Waals surface area contributed by atoms with Gasteiger partial charge in [-0.1, -0.05) is 36.4 Å². The molecule has 0 aromatic heterocycles. The van der Waals surface area contributed by atoms with Crippen molar-refractivity contribution in [1.29, 1.82) is 0 Å². The molecule has 194 valence electrons. The van der Waals surface area contributed by atoms with Gasteiger partial charge in [0, 0.05) is 17.8 Å². The first-order chi connectivity index (χ1) is 17.7. The minimum atomic E-state index is -1.30. The molecule has 0 unspecified atom stereocenters. The first-order valence-corrected chi connectivity index (χ1v) is 11.5. The number of carbonyl (C=O) groups excluding carboxylic acids is 3. The van der Waals surface area contributed by atoms with Gasteiger partial charge in [-0.3, -0.25) is 24.5 Å². The van der Waals surface area contributed by atoms with E-state index < -0.39 is 24.0 Å². The van der Waals surface area contributed by atoms with Crippen LogP contribution < -0.4 is 16.1 Å². The molecule has 0 fully saturated rings. The van der Waals surface area contributed by atoms with Crippen molar-refractivity contribution in [3.63, 3.8) is 0 Å². The molecule has 0 aliphatic rings. The Morgan fingerprint density at radius 1 is 0.973 bits per heavy atom. The van der Waals surface area contributed by atoms with Crippen molar-refractivity contribution in [2.45, 2.75) is 25.6 Å². The summed E-state index contributed by atoms with van der Waals surface area (Å²) < 4.78 is 13.3. The Morgan fingerprint density at radius 2 is 1.59 bits per heavy atom. The van der Waals surface area contributed by atoms with Crippen LogP contribution in [0.5, 0.6) is 0 Å². The summed E-state index contributed by atoms with van der Waals surface area (Å²) in [6, 6.07) is 18.7. The highest BCUT2D eigenvalue weighted by atomic mass is 19.1. The lowest BCUT2D eigenvalue weighted by molar-refractivity contribution is -0.133. The molecule has 3 amide bonds. The van der Waals surface area contributed by atoms with Crippen molar-refractivity contribution in [1.82, 2.24) is 15.7 Å². The maximum atomic E-state index is 13.3. The number of aliphatic hydroxyl groups is 1. The topological polar surface area (TPSA) is 131 Å². The van der Waals surface area contributed by atoms with Gasteiger partial charge in [0.2, 0.25) is 5.91 Å². The second kappa shape index (κ2) is 12.7. The number of rotatable bonds is 10. The van der Waals surface area contributed by atoms with Gasteiger partial charge in [0.25, 0.3) is 11.8 Å². The summed E-state index contributed by atoms with van der Waals surface area (Å²) in [6.45, 7) is 1.89. The number of likely N-dealkylation sites (N-methyl/N-ethyl adjacent to an activating group) is 1. The largest absolute Gasteiger partial charge is 0.391 e. The van der Waals surface area contributed by atoms with Crippen LogP contribution in [0.2, 0.25) is 0 Å². The van der Waals surface area contributed by atoms with E-state index in [1.807, 2.05) is 12.1 Å². The zero-order valence-electron chi connectivity index (χ0n) is 20.4. The van der Waals surface area contributed by atoms with Gasteiger partial charge in [-0.2, -0.15) is 0 Å². The lowest BCUT2D eigenvalue weighted by Gasteiger charge is -2.19. The Morgan fingerprint density at radius 3 is 2.16 bits per heavy atom. The normalized spacial score (nSPS) is 12.5. The van der Waals surface area contributed by atoms with E-state index in [1.165, 1.54) is 24.5 Å². The van der Waals surface area contributed by atoms with Gasteiger partial charge >= 0.3 is 0 Å². The molecular weight excluding hydrogens is 479 g/mol. The van der Waals surface area contributed by atoms with Crippen molar-refractivity contribution in [3.05, 3.63) is 89.7 Å². The number of anilines is 1. The van der Waals surface area contributed by atoms with Crippen LogP contribution in [0.25, 0.3) is 11.1 Å². The fraction of sp³-hybridized carbons (Fsp3) is 0.222. The van der Waals surface area contributed by atoms with E-state index in [1.54, 1.807) is 60.5 Å². The number of benzene rings is 3. The smallest absolute Gasteiger partial charge is 0.268 e. The van der Waals surface area contributed by atoms with E-state index >= 15 is 0 Å². The number of aliphatic hydroxyl groups excluding tert-OH is 1. The molecule has 0 spiro atoms. The summed E-state index contributed by atoms with van der Waals surface area (Å²) in [4.78, 5) is 38.2. The zero-order valence-corrected chi connectivity index (χ0v) is 20.4. The molecule has 3 aromatic rings. The first-order valence-electron chi connectivity index (χ1n) is 11.5. The Bertz CT molecular complexity index is 1230. The first kappa shape index (κ1) is 27.5. The highest BCUT2D eigenvalue weighted by Crippen LogP contribution is 2.22. The van der Waals surface area contributed by atoms with Crippen molar-refractivity contribution < 1.29 is 29.1 Å². The Hall–Kier alpha value is -4.12. The summed E-state index contributed by atoms with van der Waals surface area (Å²) >= 11 is 0. The molecule has 0 saturated heterocycles. The lowest BCUT2D eigenvalue weighted by Crippen LogP contribution is -2.51. The maximum Gasteiger partial charge on any atom is 0.268 e. The summed E-state index contributed by atoms with van der Waals surface area (Å²) in [5, 5.41) is 23.6. The van der Waals surface area contributed by atoms with E-state index in [0.717, 1.165) is 16.7 Å². The minimum absolute atomic E-state index is 0.137. The number of hydroxylamine groups is 1. The van der Waals surface area contributed by atoms with Crippen LogP contribution in [0.1, 0.15) is 22.8 Å². The van der Waals surface area contributed by atoms with E-state index in [2.05, 4.69) is 10.6 Å². The molecule has 0 radical (unpaired) electrons. The molecule has 3 aromatic carbocycles. The summed E-state index contributed by atoms with van der Waals surface area (Å²) in [5.74, 6) is -2.02. The van der Waals surface area contributed by atoms with E-state index in [9.17, 15) is 23.9 Å². The predicted octanol–water partition coefficient (Wildman–Crippen LogP) is 2.55. The summed E-state index contributed by atoms with van der Waals surface area (Å²) in [7, 11) is 1.78. The van der Waals surface area contributed by atoms with Crippen molar-refractivity contribution in [3.8, 4) is 11.1 Å². The van der Waals surface area contributed by atoms with Crippen LogP contribution in [0, 0.1) is 5.82 Å². The molecule has 0 saturated carbocycles. The summed E-state index contributed by atoms with van der Waals surface area (Å²) in [6.07, 6.45) is -1.21. The number of halogens is 1. The van der Waals surface area contributed by atoms with E-state index in [-0.39, 0.29) is 23.8 Å². The predicted molar refractivity (Wildman–Crippen MR) is 136 cm³/mol. The lowest BCUT2D eigenvalue weighted by atomic mass is 10.0. The average molecular weight is 509 g/mol. The highest BCUT2D eigenvalue weighted by molar-refractivity contribution is 5.98. The van der Waals surface area contributed by atoms with Gasteiger partial charge < -0.3 is 15.7 Å². The fourth-order valence-electron chi connectivity index (χ4n) is 3.71. The van der Waals surface area contributed by atoms with Crippen LogP contribution in [0.3, 0.4) is 0 Å². The molecule has 2 atom stereocenters. The molecule has 9 nitrogen and oxygen atoms in total. The van der Waals surface area contributed by atoms with Gasteiger partial charge in [-0.25, -0.2) is 9.87 Å². The third-order valence-electron chi connectivity index (χ3n) is 5.57. The van der Waals surface area contributed by atoms with Gasteiger partial charge in [-0.05, 0) is 67.1 Å². The molecule has 0 aliphatic carbocycles. The average Bonchev–Trinajstić information content (AvgIpc) is 2.87. The molecule has 0 bridgehead atoms. The molecule has 5 N–H and O–H groups in total. The number of amides is 3. The van der Waals surface area contributed by atoms with Crippen LogP contribution in [-0.4, -0.2) is 58.7 Å². The third-order valence-corrected chi connectivity index (χ3v) is 5.57. The van der Waals surface area contributed by atoms with Gasteiger partial charge in [-0.15, -0.1) is 0 Å². The number of hydrogen-bond donors (Lipinski definition) is 5. The zero-order chi connectivity index (χ0) is 26.9. The molecule has 0 heterocycles. The van der Waals surface area contributed by atoms with E-state index in [4.69, 9.17) is 5.21 Å². The fourth-order valence-corrected chi connectivity index (χ4v) is 3.71. The molecule has 37 heavy (non-hydrogen) atoms. The maximum absolute atomic E-state index is 13.3. The number of carbonyl (C=O) groups is 3. The number of hydrogen-bond acceptors (Lipinski definition) is 6. The number of nitrogens with one attached hydrogen (secondary N) is 3.